The third kappa shape index (κ3) is 7.61. The predicted octanol–water partition coefficient (Wildman–Crippen LogP) is 8.19. The van der Waals surface area contributed by atoms with E-state index in [1.54, 1.807) is 0 Å². The van der Waals surface area contributed by atoms with Crippen molar-refractivity contribution in [2.75, 3.05) is 10.6 Å². The van der Waals surface area contributed by atoms with Crippen molar-refractivity contribution in [1.82, 2.24) is 0 Å². The summed E-state index contributed by atoms with van der Waals surface area (Å²) in [6.07, 6.45) is 8.77. The van der Waals surface area contributed by atoms with Crippen LogP contribution in [0, 0.1) is 0 Å². The largest absolute Gasteiger partial charge is 0.323 e. The number of carbonyl (C=O) groups excluding carboxylic acids is 1. The first-order valence-corrected chi connectivity index (χ1v) is 10.4. The Hall–Kier alpha value is -1.42. The molecule has 0 aliphatic carbocycles. The van der Waals surface area contributed by atoms with E-state index in [1.165, 1.54) is 56.2 Å². The Kier molecular flexibility index (Phi) is 9.26. The van der Waals surface area contributed by atoms with Gasteiger partial charge in [-0.25, -0.2) is 4.79 Å². The number of hydrogen-bond acceptors (Lipinski definition) is 1. The predicted molar refractivity (Wildman–Crippen MR) is 118 cm³/mol. The molecule has 0 saturated carbocycles. The molecule has 0 spiro atoms. The number of benzene rings is 2. The Labute approximate surface area is 176 Å². The zero-order valence-electron chi connectivity index (χ0n) is 15.5. The number of nitrogens with one attached hydrogen (secondary N) is 2. The van der Waals surface area contributed by atoms with Gasteiger partial charge in [-0.2, -0.15) is 0 Å². The molecule has 2 aromatic rings. The van der Waals surface area contributed by atoms with Gasteiger partial charge in [0.2, 0.25) is 0 Å². The number of amides is 2. The zero-order valence-corrected chi connectivity index (χ0v) is 17.7. The van der Waals surface area contributed by atoms with Gasteiger partial charge in [0.05, 0.1) is 15.7 Å². The molecule has 0 aromatic heterocycles. The lowest BCUT2D eigenvalue weighted by Gasteiger charge is -2.11. The maximum Gasteiger partial charge on any atom is 0.323 e. The molecular formula is C21H25Cl3N2O. The van der Waals surface area contributed by atoms with Crippen LogP contribution in [0.4, 0.5) is 16.2 Å². The molecule has 27 heavy (non-hydrogen) atoms. The smallest absolute Gasteiger partial charge is 0.308 e. The first-order chi connectivity index (χ1) is 13.0. The summed E-state index contributed by atoms with van der Waals surface area (Å²) in [5, 5.41) is 6.42. The maximum atomic E-state index is 12.2. The van der Waals surface area contributed by atoms with Crippen LogP contribution >= 0.6 is 34.8 Å². The van der Waals surface area contributed by atoms with Crippen molar-refractivity contribution in [3.8, 4) is 0 Å². The van der Waals surface area contributed by atoms with Gasteiger partial charge in [-0.3, -0.25) is 0 Å². The average Bonchev–Trinajstić information content (AvgIpc) is 2.62. The number of carbonyl (C=O) groups is 1. The highest BCUT2D eigenvalue weighted by Crippen LogP contribution is 2.33. The highest BCUT2D eigenvalue weighted by molar-refractivity contribution is 6.42. The van der Waals surface area contributed by atoms with Gasteiger partial charge in [-0.15, -0.1) is 0 Å². The lowest BCUT2D eigenvalue weighted by Crippen LogP contribution is -2.19. The van der Waals surface area contributed by atoms with Gasteiger partial charge in [0, 0.05) is 10.7 Å². The number of hydrogen-bond donors (Lipinski definition) is 2. The van der Waals surface area contributed by atoms with Crippen LogP contribution in [0.1, 0.15) is 51.0 Å². The minimum absolute atomic E-state index is 0.289. The van der Waals surface area contributed by atoms with Crippen LogP contribution < -0.4 is 10.6 Å². The molecule has 146 valence electrons. The summed E-state index contributed by atoms with van der Waals surface area (Å²) in [5.74, 6) is 0. The normalized spacial score (nSPS) is 10.7. The summed E-state index contributed by atoms with van der Waals surface area (Å²) in [6.45, 7) is 2.23. The van der Waals surface area contributed by atoms with Crippen molar-refractivity contribution in [2.45, 2.75) is 51.9 Å². The van der Waals surface area contributed by atoms with E-state index in [1.807, 2.05) is 24.3 Å². The van der Waals surface area contributed by atoms with Gasteiger partial charge < -0.3 is 10.6 Å². The molecule has 0 saturated heterocycles. The van der Waals surface area contributed by atoms with Crippen molar-refractivity contribution < 1.29 is 4.79 Å². The topological polar surface area (TPSA) is 41.1 Å². The van der Waals surface area contributed by atoms with E-state index in [0.717, 1.165) is 6.42 Å². The van der Waals surface area contributed by atoms with E-state index in [0.29, 0.717) is 16.4 Å². The molecule has 2 amide bonds. The molecule has 0 heterocycles. The van der Waals surface area contributed by atoms with Crippen LogP contribution in [0.25, 0.3) is 0 Å². The quantitative estimate of drug-likeness (QED) is 0.389. The monoisotopic (exact) mass is 426 g/mol. The summed E-state index contributed by atoms with van der Waals surface area (Å²) in [6, 6.07) is 10.5. The summed E-state index contributed by atoms with van der Waals surface area (Å²) < 4.78 is 0. The SMILES string of the molecule is CCCCCCCCc1ccc(NC(=O)Nc2c(Cl)cc(Cl)cc2Cl)cc1. The second-order valence-corrected chi connectivity index (χ2v) is 7.79. The van der Waals surface area contributed by atoms with Gasteiger partial charge >= 0.3 is 6.03 Å². The van der Waals surface area contributed by atoms with Crippen LogP contribution in [0.3, 0.4) is 0 Å². The molecule has 0 aliphatic heterocycles. The summed E-state index contributed by atoms with van der Waals surface area (Å²) in [7, 11) is 0. The number of halogens is 3. The van der Waals surface area contributed by atoms with E-state index in [-0.39, 0.29) is 10.0 Å². The fourth-order valence-electron chi connectivity index (χ4n) is 2.80. The standard InChI is InChI=1S/C21H25Cl3N2O/c1-2-3-4-5-6-7-8-15-9-11-17(12-10-15)25-21(27)26-20-18(23)13-16(22)14-19(20)24/h9-14H,2-8H2,1H3,(H2,25,26,27). The second-order valence-electron chi connectivity index (χ2n) is 6.54. The lowest BCUT2D eigenvalue weighted by atomic mass is 10.0. The summed E-state index contributed by atoms with van der Waals surface area (Å²) in [4.78, 5) is 12.2. The number of rotatable bonds is 9. The third-order valence-electron chi connectivity index (χ3n) is 4.28. The lowest BCUT2D eigenvalue weighted by molar-refractivity contribution is 0.262. The number of urea groups is 1. The molecule has 0 aliphatic rings. The molecule has 0 fully saturated rings. The average molecular weight is 428 g/mol. The fourth-order valence-corrected chi connectivity index (χ4v) is 3.71. The molecule has 0 atom stereocenters. The highest BCUT2D eigenvalue weighted by Gasteiger charge is 2.11. The number of unbranched alkanes of at least 4 members (excludes halogenated alkanes) is 5. The molecule has 0 bridgehead atoms. The van der Waals surface area contributed by atoms with Crippen LogP contribution in [-0.2, 0) is 6.42 Å². The minimum atomic E-state index is -0.412. The molecule has 2 rings (SSSR count). The van der Waals surface area contributed by atoms with Crippen molar-refractivity contribution >= 4 is 52.2 Å². The molecule has 2 aromatic carbocycles. The van der Waals surface area contributed by atoms with Crippen molar-refractivity contribution in [3.63, 3.8) is 0 Å². The van der Waals surface area contributed by atoms with E-state index < -0.39 is 6.03 Å². The first kappa shape index (κ1) is 21.9. The maximum absolute atomic E-state index is 12.2. The molecule has 6 heteroatoms. The van der Waals surface area contributed by atoms with Crippen LogP contribution in [0.2, 0.25) is 15.1 Å². The summed E-state index contributed by atoms with van der Waals surface area (Å²) >= 11 is 18.0. The second kappa shape index (κ2) is 11.4. The molecule has 3 nitrogen and oxygen atoms in total. The number of aryl methyl sites for hydroxylation is 1. The Morgan fingerprint density at radius 3 is 2.07 bits per heavy atom. The van der Waals surface area contributed by atoms with Gasteiger partial charge in [0.25, 0.3) is 0 Å². The van der Waals surface area contributed by atoms with E-state index in [4.69, 9.17) is 34.8 Å². The minimum Gasteiger partial charge on any atom is -0.308 e. The van der Waals surface area contributed by atoms with Gasteiger partial charge in [0.15, 0.2) is 0 Å². The number of anilines is 2. The van der Waals surface area contributed by atoms with Gasteiger partial charge in [-0.1, -0.05) is 86.0 Å². The fraction of sp³-hybridized carbons (Fsp3) is 0.381. The highest BCUT2D eigenvalue weighted by atomic mass is 35.5. The van der Waals surface area contributed by atoms with E-state index >= 15 is 0 Å². The van der Waals surface area contributed by atoms with Crippen molar-refractivity contribution in [2.24, 2.45) is 0 Å². The van der Waals surface area contributed by atoms with Crippen LogP contribution in [-0.4, -0.2) is 6.03 Å². The van der Waals surface area contributed by atoms with Gasteiger partial charge in [-0.05, 0) is 42.7 Å². The molecular weight excluding hydrogens is 403 g/mol. The Morgan fingerprint density at radius 2 is 1.44 bits per heavy atom. The Bertz CT molecular complexity index is 725. The molecule has 0 unspecified atom stereocenters. The van der Waals surface area contributed by atoms with Gasteiger partial charge in [0.1, 0.15) is 0 Å². The summed E-state index contributed by atoms with van der Waals surface area (Å²) in [5.41, 5.74) is 2.32. The van der Waals surface area contributed by atoms with E-state index in [9.17, 15) is 4.79 Å². The molecule has 2 N–H and O–H groups in total. The zero-order chi connectivity index (χ0) is 19.6. The van der Waals surface area contributed by atoms with Crippen molar-refractivity contribution in [3.05, 3.63) is 57.0 Å². The van der Waals surface area contributed by atoms with Crippen LogP contribution in [0.5, 0.6) is 0 Å². The van der Waals surface area contributed by atoms with Crippen molar-refractivity contribution in [1.29, 1.82) is 0 Å². The Morgan fingerprint density at radius 1 is 0.852 bits per heavy atom. The first-order valence-electron chi connectivity index (χ1n) is 9.31. The Balaban J connectivity index is 1.81. The third-order valence-corrected chi connectivity index (χ3v) is 5.09. The van der Waals surface area contributed by atoms with E-state index in [2.05, 4.69) is 17.6 Å². The molecule has 0 radical (unpaired) electrons. The van der Waals surface area contributed by atoms with Crippen LogP contribution in [0.15, 0.2) is 36.4 Å².